The van der Waals surface area contributed by atoms with Crippen LogP contribution in [0.2, 0.25) is 0 Å². The number of para-hydroxylation sites is 2. The maximum absolute atomic E-state index is 11.9. The number of rotatable bonds is 6. The van der Waals surface area contributed by atoms with Crippen molar-refractivity contribution in [1.82, 2.24) is 4.90 Å². The maximum Gasteiger partial charge on any atom is 0.248 e. The summed E-state index contributed by atoms with van der Waals surface area (Å²) in [7, 11) is 1.66. The Morgan fingerprint density at radius 3 is 2.62 bits per heavy atom. The highest BCUT2D eigenvalue weighted by Gasteiger charge is 2.22. The molecule has 1 aromatic carbocycles. The first-order valence-electron chi connectivity index (χ1n) is 7.10. The van der Waals surface area contributed by atoms with E-state index in [0.29, 0.717) is 13.1 Å². The van der Waals surface area contributed by atoms with Gasteiger partial charge in [-0.25, -0.2) is 0 Å². The second kappa shape index (κ2) is 7.85. The van der Waals surface area contributed by atoms with Crippen molar-refractivity contribution in [3.05, 3.63) is 24.3 Å². The zero-order chi connectivity index (χ0) is 15.1. The highest BCUT2D eigenvalue weighted by atomic mass is 16.5. The Bertz CT molecular complexity index is 459. The van der Waals surface area contributed by atoms with Crippen LogP contribution in [0.25, 0.3) is 0 Å². The van der Waals surface area contributed by atoms with Gasteiger partial charge in [0, 0.05) is 26.2 Å². The molecule has 116 valence electrons. The minimum atomic E-state index is -0.0607. The van der Waals surface area contributed by atoms with Crippen molar-refractivity contribution in [3.8, 4) is 5.75 Å². The van der Waals surface area contributed by atoms with Gasteiger partial charge in [-0.05, 0) is 12.1 Å². The van der Waals surface area contributed by atoms with Crippen LogP contribution in [0.15, 0.2) is 24.3 Å². The Morgan fingerprint density at radius 2 is 1.95 bits per heavy atom. The molecule has 1 aromatic rings. The Labute approximate surface area is 124 Å². The second-order valence-corrected chi connectivity index (χ2v) is 4.82. The first kappa shape index (κ1) is 15.6. The molecule has 0 saturated carbocycles. The lowest BCUT2D eigenvalue weighted by molar-refractivity contribution is -0.136. The molecule has 2 rings (SSSR count). The van der Waals surface area contributed by atoms with Gasteiger partial charge in [0.2, 0.25) is 5.91 Å². The van der Waals surface area contributed by atoms with Crippen LogP contribution in [-0.2, 0) is 9.53 Å². The summed E-state index contributed by atoms with van der Waals surface area (Å²) in [5, 5.41) is 8.63. The smallest absolute Gasteiger partial charge is 0.248 e. The minimum absolute atomic E-state index is 0.0249. The highest BCUT2D eigenvalue weighted by molar-refractivity contribution is 5.77. The topological polar surface area (TPSA) is 62.2 Å². The molecule has 0 radical (unpaired) electrons. The van der Waals surface area contributed by atoms with E-state index in [-0.39, 0.29) is 25.7 Å². The van der Waals surface area contributed by atoms with Crippen LogP contribution in [0, 0.1) is 0 Å². The molecular weight excluding hydrogens is 272 g/mol. The summed E-state index contributed by atoms with van der Waals surface area (Å²) in [6.45, 7) is 3.05. The number of aliphatic hydroxyl groups excluding tert-OH is 1. The van der Waals surface area contributed by atoms with E-state index in [2.05, 4.69) is 4.90 Å². The molecular formula is C15H22N2O4. The molecule has 0 unspecified atom stereocenters. The van der Waals surface area contributed by atoms with Crippen molar-refractivity contribution in [2.24, 2.45) is 0 Å². The number of benzene rings is 1. The van der Waals surface area contributed by atoms with Gasteiger partial charge < -0.3 is 24.4 Å². The molecule has 1 aliphatic rings. The van der Waals surface area contributed by atoms with Gasteiger partial charge in [0.25, 0.3) is 0 Å². The Hall–Kier alpha value is -1.79. The standard InChI is InChI=1S/C15H22N2O4/c1-20-14-5-3-2-4-13(14)16-6-8-17(9-7-16)15(19)12-21-11-10-18/h2-5,18H,6-12H2,1H3. The zero-order valence-electron chi connectivity index (χ0n) is 12.3. The number of carbonyl (C=O) groups excluding carboxylic acids is 1. The van der Waals surface area contributed by atoms with Crippen LogP contribution in [-0.4, -0.2) is 69.0 Å². The number of anilines is 1. The number of carbonyl (C=O) groups is 1. The van der Waals surface area contributed by atoms with Crippen LogP contribution < -0.4 is 9.64 Å². The number of nitrogens with zero attached hydrogens (tertiary/aromatic N) is 2. The number of hydrogen-bond donors (Lipinski definition) is 1. The van der Waals surface area contributed by atoms with Crippen molar-refractivity contribution in [3.63, 3.8) is 0 Å². The van der Waals surface area contributed by atoms with Crippen molar-refractivity contribution in [2.75, 3.05) is 58.0 Å². The summed E-state index contributed by atoms with van der Waals surface area (Å²) in [6, 6.07) is 7.90. The first-order valence-corrected chi connectivity index (χ1v) is 7.10. The molecule has 0 aromatic heterocycles. The second-order valence-electron chi connectivity index (χ2n) is 4.82. The molecule has 0 bridgehead atoms. The Balaban J connectivity index is 1.87. The molecule has 1 saturated heterocycles. The highest BCUT2D eigenvalue weighted by Crippen LogP contribution is 2.28. The molecule has 1 amide bonds. The number of aliphatic hydroxyl groups is 1. The van der Waals surface area contributed by atoms with Crippen LogP contribution >= 0.6 is 0 Å². The molecule has 0 atom stereocenters. The minimum Gasteiger partial charge on any atom is -0.495 e. The van der Waals surface area contributed by atoms with E-state index < -0.39 is 0 Å². The SMILES string of the molecule is COc1ccccc1N1CCN(C(=O)COCCO)CC1. The van der Waals surface area contributed by atoms with Gasteiger partial charge in [-0.3, -0.25) is 4.79 Å². The maximum atomic E-state index is 11.9. The third-order valence-corrected chi connectivity index (χ3v) is 3.52. The van der Waals surface area contributed by atoms with Gasteiger partial charge in [-0.1, -0.05) is 12.1 Å². The molecule has 1 heterocycles. The number of methoxy groups -OCH3 is 1. The lowest BCUT2D eigenvalue weighted by atomic mass is 10.2. The number of piperazine rings is 1. The van der Waals surface area contributed by atoms with Gasteiger partial charge in [0.1, 0.15) is 12.4 Å². The van der Waals surface area contributed by atoms with Gasteiger partial charge in [0.15, 0.2) is 0 Å². The predicted octanol–water partition coefficient (Wildman–Crippen LogP) is 0.353. The molecule has 6 nitrogen and oxygen atoms in total. The fraction of sp³-hybridized carbons (Fsp3) is 0.533. The molecule has 1 N–H and O–H groups in total. The number of ether oxygens (including phenoxy) is 2. The van der Waals surface area contributed by atoms with Crippen molar-refractivity contribution in [1.29, 1.82) is 0 Å². The van der Waals surface area contributed by atoms with E-state index in [4.69, 9.17) is 14.6 Å². The first-order chi connectivity index (χ1) is 10.3. The van der Waals surface area contributed by atoms with Gasteiger partial charge in [-0.15, -0.1) is 0 Å². The van der Waals surface area contributed by atoms with Crippen LogP contribution in [0.5, 0.6) is 5.75 Å². The molecule has 1 fully saturated rings. The molecule has 0 spiro atoms. The summed E-state index contributed by atoms with van der Waals surface area (Å²) >= 11 is 0. The van der Waals surface area contributed by atoms with Crippen LogP contribution in [0.3, 0.4) is 0 Å². The number of hydrogen-bond acceptors (Lipinski definition) is 5. The predicted molar refractivity (Wildman–Crippen MR) is 79.7 cm³/mol. The normalized spacial score (nSPS) is 15.1. The largest absolute Gasteiger partial charge is 0.495 e. The van der Waals surface area contributed by atoms with Crippen molar-refractivity contribution < 1.29 is 19.4 Å². The van der Waals surface area contributed by atoms with E-state index in [1.165, 1.54) is 0 Å². The van der Waals surface area contributed by atoms with E-state index in [0.717, 1.165) is 24.5 Å². The van der Waals surface area contributed by atoms with E-state index in [9.17, 15) is 4.79 Å². The van der Waals surface area contributed by atoms with Crippen LogP contribution in [0.1, 0.15) is 0 Å². The average Bonchev–Trinajstić information content (AvgIpc) is 2.55. The third-order valence-electron chi connectivity index (χ3n) is 3.52. The Kier molecular flexibility index (Phi) is 5.83. The Morgan fingerprint density at radius 1 is 1.24 bits per heavy atom. The quantitative estimate of drug-likeness (QED) is 0.767. The summed E-state index contributed by atoms with van der Waals surface area (Å²) in [4.78, 5) is 15.9. The number of amides is 1. The lowest BCUT2D eigenvalue weighted by Gasteiger charge is -2.36. The molecule has 1 aliphatic heterocycles. The van der Waals surface area contributed by atoms with Gasteiger partial charge in [-0.2, -0.15) is 0 Å². The zero-order valence-corrected chi connectivity index (χ0v) is 12.3. The van der Waals surface area contributed by atoms with Gasteiger partial charge >= 0.3 is 0 Å². The van der Waals surface area contributed by atoms with Crippen LogP contribution in [0.4, 0.5) is 5.69 Å². The van der Waals surface area contributed by atoms with E-state index in [1.54, 1.807) is 12.0 Å². The summed E-state index contributed by atoms with van der Waals surface area (Å²) in [5.41, 5.74) is 1.06. The monoisotopic (exact) mass is 294 g/mol. The van der Waals surface area contributed by atoms with Crippen molar-refractivity contribution in [2.45, 2.75) is 0 Å². The molecule has 21 heavy (non-hydrogen) atoms. The fourth-order valence-corrected chi connectivity index (χ4v) is 2.40. The summed E-state index contributed by atoms with van der Waals surface area (Å²) in [6.07, 6.45) is 0. The molecule has 0 aliphatic carbocycles. The summed E-state index contributed by atoms with van der Waals surface area (Å²) < 4.78 is 10.4. The lowest BCUT2D eigenvalue weighted by Crippen LogP contribution is -2.49. The summed E-state index contributed by atoms with van der Waals surface area (Å²) in [5.74, 6) is 0.826. The van der Waals surface area contributed by atoms with E-state index >= 15 is 0 Å². The fourth-order valence-electron chi connectivity index (χ4n) is 2.40. The van der Waals surface area contributed by atoms with Crippen molar-refractivity contribution >= 4 is 11.6 Å². The van der Waals surface area contributed by atoms with Gasteiger partial charge in [0.05, 0.1) is 26.0 Å². The van der Waals surface area contributed by atoms with E-state index in [1.807, 2.05) is 24.3 Å². The average molecular weight is 294 g/mol. The molecule has 6 heteroatoms. The third kappa shape index (κ3) is 4.09.